The first-order chi connectivity index (χ1) is 13.6. The molecule has 4 rings (SSSR count). The van der Waals surface area contributed by atoms with Gasteiger partial charge in [0.05, 0.1) is 27.4 Å². The molecule has 0 spiro atoms. The number of rotatable bonds is 9. The van der Waals surface area contributed by atoms with E-state index in [1.165, 1.54) is 38.5 Å². The summed E-state index contributed by atoms with van der Waals surface area (Å²) in [6, 6.07) is 5.98. The molecule has 2 atom stereocenters. The molecule has 0 radical (unpaired) electrons. The van der Waals surface area contributed by atoms with E-state index in [9.17, 15) is 10.2 Å². The zero-order chi connectivity index (χ0) is 19.7. The fraction of sp³-hybridized carbons (Fsp3) is 0.400. The van der Waals surface area contributed by atoms with Gasteiger partial charge in [0.15, 0.2) is 23.0 Å². The summed E-state index contributed by atoms with van der Waals surface area (Å²) in [7, 11) is 2.98. The Kier molecular flexibility index (Phi) is 5.06. The fourth-order valence-corrected chi connectivity index (χ4v) is 2.86. The van der Waals surface area contributed by atoms with Crippen LogP contribution in [0.25, 0.3) is 11.1 Å². The van der Waals surface area contributed by atoms with Gasteiger partial charge in [-0.05, 0) is 12.1 Å². The first kappa shape index (κ1) is 18.5. The molecule has 2 aliphatic rings. The van der Waals surface area contributed by atoms with Gasteiger partial charge in [0.25, 0.3) is 0 Å². The minimum absolute atomic E-state index is 0.0133. The summed E-state index contributed by atoms with van der Waals surface area (Å²) in [5.74, 6) is 1.51. The third-order valence-corrected chi connectivity index (χ3v) is 4.44. The molecule has 2 fully saturated rings. The number of hydrogen-bond donors (Lipinski definition) is 2. The van der Waals surface area contributed by atoms with Gasteiger partial charge < -0.3 is 38.6 Å². The second-order valence-electron chi connectivity index (χ2n) is 6.58. The Morgan fingerprint density at radius 1 is 0.786 bits per heavy atom. The van der Waals surface area contributed by atoms with Crippen LogP contribution in [0.15, 0.2) is 24.3 Å². The summed E-state index contributed by atoms with van der Waals surface area (Å²) in [6.07, 6.45) is 0.0700. The van der Waals surface area contributed by atoms with Crippen LogP contribution in [0.1, 0.15) is 0 Å². The first-order valence-corrected chi connectivity index (χ1v) is 8.90. The third kappa shape index (κ3) is 4.02. The lowest BCUT2D eigenvalue weighted by Crippen LogP contribution is -2.08. The molecule has 0 amide bonds. The van der Waals surface area contributed by atoms with Crippen LogP contribution in [0.5, 0.6) is 34.5 Å². The van der Waals surface area contributed by atoms with Crippen LogP contribution in [-0.4, -0.2) is 63.1 Å². The van der Waals surface area contributed by atoms with Gasteiger partial charge in [-0.1, -0.05) is 0 Å². The standard InChI is InChI=1S/C20H22O8/c1-23-17-5-11(21)3-15(19(17)27-9-13-7-25-13)16-4-12(22)6-18(24-2)20(16)28-10-14-8-26-14/h3-6,13-14,21-22H,7-10H2,1-2H3. The molecule has 2 heterocycles. The van der Waals surface area contributed by atoms with Crippen molar-refractivity contribution in [3.05, 3.63) is 24.3 Å². The van der Waals surface area contributed by atoms with E-state index in [1.807, 2.05) is 0 Å². The number of epoxide rings is 2. The number of aromatic hydroxyl groups is 2. The number of phenols is 2. The van der Waals surface area contributed by atoms with Gasteiger partial charge in [0.2, 0.25) is 0 Å². The molecular weight excluding hydrogens is 368 g/mol. The van der Waals surface area contributed by atoms with E-state index in [0.717, 1.165) is 0 Å². The van der Waals surface area contributed by atoms with Gasteiger partial charge in [-0.3, -0.25) is 0 Å². The van der Waals surface area contributed by atoms with E-state index < -0.39 is 0 Å². The van der Waals surface area contributed by atoms with Crippen LogP contribution < -0.4 is 18.9 Å². The molecule has 8 nitrogen and oxygen atoms in total. The molecule has 2 unspecified atom stereocenters. The van der Waals surface area contributed by atoms with Crippen LogP contribution in [0.2, 0.25) is 0 Å². The van der Waals surface area contributed by atoms with E-state index >= 15 is 0 Å². The van der Waals surface area contributed by atoms with Gasteiger partial charge in [0, 0.05) is 23.3 Å². The van der Waals surface area contributed by atoms with Crippen LogP contribution in [0.3, 0.4) is 0 Å². The maximum absolute atomic E-state index is 10.2. The van der Waals surface area contributed by atoms with Gasteiger partial charge in [-0.15, -0.1) is 0 Å². The highest BCUT2D eigenvalue weighted by molar-refractivity contribution is 5.83. The number of ether oxygens (including phenoxy) is 6. The van der Waals surface area contributed by atoms with E-state index in [4.69, 9.17) is 28.4 Å². The van der Waals surface area contributed by atoms with Crippen molar-refractivity contribution < 1.29 is 38.6 Å². The van der Waals surface area contributed by atoms with Gasteiger partial charge in [-0.2, -0.15) is 0 Å². The van der Waals surface area contributed by atoms with Crippen LogP contribution >= 0.6 is 0 Å². The van der Waals surface area contributed by atoms with E-state index in [-0.39, 0.29) is 23.7 Å². The predicted octanol–water partition coefficient (Wildman–Crippen LogP) is 2.34. The molecular formula is C20H22O8. The van der Waals surface area contributed by atoms with Gasteiger partial charge in [-0.25, -0.2) is 0 Å². The van der Waals surface area contributed by atoms with Crippen molar-refractivity contribution in [3.8, 4) is 45.6 Å². The van der Waals surface area contributed by atoms with Crippen LogP contribution in [0, 0.1) is 0 Å². The van der Waals surface area contributed by atoms with Crippen molar-refractivity contribution in [1.29, 1.82) is 0 Å². The van der Waals surface area contributed by atoms with Gasteiger partial charge in [0.1, 0.15) is 36.9 Å². The lowest BCUT2D eigenvalue weighted by Gasteiger charge is -2.19. The van der Waals surface area contributed by atoms with Crippen molar-refractivity contribution in [2.45, 2.75) is 12.2 Å². The smallest absolute Gasteiger partial charge is 0.169 e. The molecule has 0 bridgehead atoms. The van der Waals surface area contributed by atoms with E-state index in [0.29, 0.717) is 60.6 Å². The quantitative estimate of drug-likeness (QED) is 0.629. The third-order valence-electron chi connectivity index (χ3n) is 4.44. The molecule has 2 saturated heterocycles. The molecule has 0 aromatic heterocycles. The molecule has 0 aliphatic carbocycles. The second-order valence-corrected chi connectivity index (χ2v) is 6.58. The van der Waals surface area contributed by atoms with Crippen molar-refractivity contribution in [3.63, 3.8) is 0 Å². The number of hydrogen-bond acceptors (Lipinski definition) is 8. The SMILES string of the molecule is COc1cc(O)cc(-c2cc(O)cc(OC)c2OCC2CO2)c1OCC1CO1. The molecule has 150 valence electrons. The molecule has 2 aromatic rings. The largest absolute Gasteiger partial charge is 0.508 e. The molecule has 2 aromatic carbocycles. The minimum atomic E-state index is -0.0133. The molecule has 2 N–H and O–H groups in total. The normalized spacial score (nSPS) is 19.8. The average Bonchev–Trinajstić information content (AvgIpc) is 3.59. The summed E-state index contributed by atoms with van der Waals surface area (Å²) in [5.41, 5.74) is 0.997. The maximum atomic E-state index is 10.2. The Morgan fingerprint density at radius 3 is 1.50 bits per heavy atom. The van der Waals surface area contributed by atoms with Crippen molar-refractivity contribution >= 4 is 0 Å². The monoisotopic (exact) mass is 390 g/mol. The van der Waals surface area contributed by atoms with E-state index in [1.54, 1.807) is 0 Å². The minimum Gasteiger partial charge on any atom is -0.508 e. The highest BCUT2D eigenvalue weighted by atomic mass is 16.6. The number of benzene rings is 2. The molecule has 0 saturated carbocycles. The lowest BCUT2D eigenvalue weighted by atomic mass is 10.0. The van der Waals surface area contributed by atoms with Crippen molar-refractivity contribution in [1.82, 2.24) is 0 Å². The Bertz CT molecular complexity index is 786. The predicted molar refractivity (Wildman–Crippen MR) is 98.8 cm³/mol. The highest BCUT2D eigenvalue weighted by Crippen LogP contribution is 2.49. The Morgan fingerprint density at radius 2 is 1.18 bits per heavy atom. The van der Waals surface area contributed by atoms with Crippen molar-refractivity contribution in [2.24, 2.45) is 0 Å². The number of methoxy groups -OCH3 is 2. The topological polar surface area (TPSA) is 102 Å². The molecule has 2 aliphatic heterocycles. The van der Waals surface area contributed by atoms with Crippen LogP contribution in [-0.2, 0) is 9.47 Å². The first-order valence-electron chi connectivity index (χ1n) is 8.90. The summed E-state index contributed by atoms with van der Waals surface area (Å²) in [4.78, 5) is 0. The Balaban J connectivity index is 1.81. The highest BCUT2D eigenvalue weighted by Gasteiger charge is 2.28. The van der Waals surface area contributed by atoms with Crippen LogP contribution in [0.4, 0.5) is 0 Å². The molecule has 8 heteroatoms. The zero-order valence-corrected chi connectivity index (χ0v) is 15.6. The molecule has 28 heavy (non-hydrogen) atoms. The fourth-order valence-electron chi connectivity index (χ4n) is 2.86. The maximum Gasteiger partial charge on any atom is 0.169 e. The summed E-state index contributed by atoms with van der Waals surface area (Å²) in [5, 5.41) is 20.4. The second kappa shape index (κ2) is 7.65. The summed E-state index contributed by atoms with van der Waals surface area (Å²) >= 11 is 0. The van der Waals surface area contributed by atoms with Crippen molar-refractivity contribution in [2.75, 3.05) is 40.6 Å². The van der Waals surface area contributed by atoms with E-state index in [2.05, 4.69) is 0 Å². The lowest BCUT2D eigenvalue weighted by molar-refractivity contribution is 0.249. The summed E-state index contributed by atoms with van der Waals surface area (Å²) < 4.78 is 33.1. The average molecular weight is 390 g/mol. The summed E-state index contributed by atoms with van der Waals surface area (Å²) in [6.45, 7) is 1.98. The van der Waals surface area contributed by atoms with Gasteiger partial charge >= 0.3 is 0 Å². The number of phenolic OH excluding ortho intramolecular Hbond substituents is 2. The Hall–Kier alpha value is -2.84. The zero-order valence-electron chi connectivity index (χ0n) is 15.6. The Labute approximate surface area is 162 Å².